The van der Waals surface area contributed by atoms with Crippen molar-refractivity contribution in [2.24, 2.45) is 0 Å². The van der Waals surface area contributed by atoms with Gasteiger partial charge in [-0.2, -0.15) is 18.3 Å². The SMILES string of the molecule is Fc1cc(Cl)ccc1Cn1nc(C(F)(F)F)c2c1CNCC2. The van der Waals surface area contributed by atoms with E-state index < -0.39 is 17.7 Å². The number of hydrogen-bond acceptors (Lipinski definition) is 2. The van der Waals surface area contributed by atoms with E-state index >= 15 is 0 Å². The molecule has 3 nitrogen and oxygen atoms in total. The van der Waals surface area contributed by atoms with Gasteiger partial charge in [-0.25, -0.2) is 4.39 Å². The Morgan fingerprint density at radius 1 is 1.32 bits per heavy atom. The number of halogens is 5. The lowest BCUT2D eigenvalue weighted by molar-refractivity contribution is -0.142. The van der Waals surface area contributed by atoms with Crippen LogP contribution >= 0.6 is 11.6 Å². The molecule has 0 aliphatic carbocycles. The third-order valence-electron chi connectivity index (χ3n) is 3.61. The Morgan fingerprint density at radius 2 is 2.09 bits per heavy atom. The van der Waals surface area contributed by atoms with E-state index in [9.17, 15) is 17.6 Å². The molecular weight excluding hydrogens is 322 g/mol. The molecule has 22 heavy (non-hydrogen) atoms. The van der Waals surface area contributed by atoms with Gasteiger partial charge >= 0.3 is 6.18 Å². The van der Waals surface area contributed by atoms with Crippen LogP contribution < -0.4 is 5.32 Å². The Bertz CT molecular complexity index is 709. The minimum atomic E-state index is -4.51. The fourth-order valence-corrected chi connectivity index (χ4v) is 2.74. The topological polar surface area (TPSA) is 29.9 Å². The first-order valence-corrected chi connectivity index (χ1v) is 7.04. The van der Waals surface area contributed by atoms with Crippen LogP contribution in [0.3, 0.4) is 0 Å². The van der Waals surface area contributed by atoms with Crippen LogP contribution in [-0.2, 0) is 25.7 Å². The number of rotatable bonds is 2. The van der Waals surface area contributed by atoms with Crippen LogP contribution in [0, 0.1) is 5.82 Å². The third kappa shape index (κ3) is 2.83. The molecule has 0 spiro atoms. The molecule has 0 unspecified atom stereocenters. The molecule has 0 saturated carbocycles. The van der Waals surface area contributed by atoms with Crippen LogP contribution in [0.4, 0.5) is 17.6 Å². The summed E-state index contributed by atoms with van der Waals surface area (Å²) >= 11 is 5.68. The summed E-state index contributed by atoms with van der Waals surface area (Å²) in [6, 6.07) is 4.09. The molecule has 0 amide bonds. The highest BCUT2D eigenvalue weighted by Crippen LogP contribution is 2.34. The standard InChI is InChI=1S/C14H12ClF4N3/c15-9-2-1-8(11(16)5-9)7-22-12-6-20-4-3-10(12)13(21-22)14(17,18)19/h1-2,5,20H,3-4,6-7H2. The van der Waals surface area contributed by atoms with E-state index in [0.717, 1.165) is 6.07 Å². The minimum absolute atomic E-state index is 0.0664. The lowest BCUT2D eigenvalue weighted by Crippen LogP contribution is -2.26. The summed E-state index contributed by atoms with van der Waals surface area (Å²) in [5.41, 5.74) is 0.0147. The fraction of sp³-hybridized carbons (Fsp3) is 0.357. The molecular formula is C14H12ClF4N3. The number of benzene rings is 1. The van der Waals surface area contributed by atoms with Crippen LogP contribution in [0.25, 0.3) is 0 Å². The molecule has 0 atom stereocenters. The summed E-state index contributed by atoms with van der Waals surface area (Å²) in [5.74, 6) is -0.561. The Balaban J connectivity index is 2.02. The van der Waals surface area contributed by atoms with Gasteiger partial charge in [0.15, 0.2) is 5.69 Å². The largest absolute Gasteiger partial charge is 0.435 e. The van der Waals surface area contributed by atoms with Gasteiger partial charge < -0.3 is 5.32 Å². The molecule has 1 aliphatic rings. The maximum atomic E-state index is 13.8. The highest BCUT2D eigenvalue weighted by Gasteiger charge is 2.39. The molecule has 1 aromatic carbocycles. The second-order valence-corrected chi connectivity index (χ2v) is 5.53. The van der Waals surface area contributed by atoms with Gasteiger partial charge in [0.05, 0.1) is 12.2 Å². The molecule has 8 heteroatoms. The van der Waals surface area contributed by atoms with Gasteiger partial charge in [0.2, 0.25) is 0 Å². The van der Waals surface area contributed by atoms with Gasteiger partial charge in [0.25, 0.3) is 0 Å². The molecule has 0 saturated heterocycles. The maximum absolute atomic E-state index is 13.8. The molecule has 1 aliphatic heterocycles. The van der Waals surface area contributed by atoms with Gasteiger partial charge in [0, 0.05) is 22.7 Å². The summed E-state index contributed by atoms with van der Waals surface area (Å²) in [6.45, 7) is 0.688. The van der Waals surface area contributed by atoms with Crippen molar-refractivity contribution in [2.75, 3.05) is 6.54 Å². The quantitative estimate of drug-likeness (QED) is 0.854. The fourth-order valence-electron chi connectivity index (χ4n) is 2.58. The highest BCUT2D eigenvalue weighted by atomic mass is 35.5. The van der Waals surface area contributed by atoms with Crippen molar-refractivity contribution in [3.8, 4) is 0 Å². The van der Waals surface area contributed by atoms with E-state index in [4.69, 9.17) is 11.6 Å². The number of aromatic nitrogens is 2. The molecule has 1 aromatic heterocycles. The van der Waals surface area contributed by atoms with Crippen molar-refractivity contribution in [1.29, 1.82) is 0 Å². The summed E-state index contributed by atoms with van der Waals surface area (Å²) in [6.07, 6.45) is -4.25. The summed E-state index contributed by atoms with van der Waals surface area (Å²) in [5, 5.41) is 6.92. The number of nitrogens with one attached hydrogen (secondary N) is 1. The van der Waals surface area contributed by atoms with Crippen molar-refractivity contribution in [1.82, 2.24) is 15.1 Å². The molecule has 2 aromatic rings. The van der Waals surface area contributed by atoms with E-state index in [1.54, 1.807) is 0 Å². The monoisotopic (exact) mass is 333 g/mol. The van der Waals surface area contributed by atoms with Gasteiger partial charge in [-0.15, -0.1) is 0 Å². The molecule has 1 N–H and O–H groups in total. The van der Waals surface area contributed by atoms with Crippen LogP contribution in [-0.4, -0.2) is 16.3 Å². The zero-order valence-corrected chi connectivity index (χ0v) is 12.1. The van der Waals surface area contributed by atoms with Crippen LogP contribution in [0.1, 0.15) is 22.5 Å². The second kappa shape index (κ2) is 5.55. The smallest absolute Gasteiger partial charge is 0.311 e. The first-order valence-electron chi connectivity index (χ1n) is 6.66. The molecule has 0 fully saturated rings. The minimum Gasteiger partial charge on any atom is -0.311 e. The maximum Gasteiger partial charge on any atom is 0.435 e. The predicted octanol–water partition coefficient (Wildman–Crippen LogP) is 3.39. The average molecular weight is 334 g/mol. The van der Waals surface area contributed by atoms with Crippen molar-refractivity contribution in [2.45, 2.75) is 25.7 Å². The third-order valence-corrected chi connectivity index (χ3v) is 3.85. The highest BCUT2D eigenvalue weighted by molar-refractivity contribution is 6.30. The summed E-state index contributed by atoms with van der Waals surface area (Å²) in [7, 11) is 0. The Morgan fingerprint density at radius 3 is 2.77 bits per heavy atom. The average Bonchev–Trinajstić information content (AvgIpc) is 2.81. The van der Waals surface area contributed by atoms with Gasteiger partial charge in [0.1, 0.15) is 5.82 Å². The normalized spacial score (nSPS) is 15.0. The Hall–Kier alpha value is -1.60. The van der Waals surface area contributed by atoms with E-state index in [1.165, 1.54) is 16.8 Å². The van der Waals surface area contributed by atoms with Crippen LogP contribution in [0.2, 0.25) is 5.02 Å². The zero-order chi connectivity index (χ0) is 15.9. The summed E-state index contributed by atoms with van der Waals surface area (Å²) in [4.78, 5) is 0. The van der Waals surface area contributed by atoms with Crippen molar-refractivity contribution in [3.63, 3.8) is 0 Å². The van der Waals surface area contributed by atoms with Gasteiger partial charge in [-0.05, 0) is 25.1 Å². The number of fused-ring (bicyclic) bond motifs is 1. The van der Waals surface area contributed by atoms with E-state index in [1.807, 2.05) is 0 Å². The number of alkyl halides is 3. The molecule has 2 heterocycles. The van der Waals surface area contributed by atoms with Crippen molar-refractivity contribution in [3.05, 3.63) is 51.6 Å². The van der Waals surface area contributed by atoms with Crippen molar-refractivity contribution < 1.29 is 17.6 Å². The van der Waals surface area contributed by atoms with Crippen LogP contribution in [0.15, 0.2) is 18.2 Å². The Kier molecular flexibility index (Phi) is 3.86. The zero-order valence-electron chi connectivity index (χ0n) is 11.3. The summed E-state index contributed by atoms with van der Waals surface area (Å²) < 4.78 is 54.3. The van der Waals surface area contributed by atoms with Gasteiger partial charge in [-0.1, -0.05) is 17.7 Å². The van der Waals surface area contributed by atoms with E-state index in [0.29, 0.717) is 12.2 Å². The van der Waals surface area contributed by atoms with Gasteiger partial charge in [-0.3, -0.25) is 4.68 Å². The number of nitrogens with zero attached hydrogens (tertiary/aromatic N) is 2. The van der Waals surface area contributed by atoms with Crippen LogP contribution in [0.5, 0.6) is 0 Å². The first kappa shape index (κ1) is 15.3. The van der Waals surface area contributed by atoms with Crippen molar-refractivity contribution >= 4 is 11.6 Å². The molecule has 3 rings (SSSR count). The second-order valence-electron chi connectivity index (χ2n) is 5.09. The lowest BCUT2D eigenvalue weighted by Gasteiger charge is -2.16. The molecule has 0 radical (unpaired) electrons. The van der Waals surface area contributed by atoms with E-state index in [2.05, 4.69) is 10.4 Å². The molecule has 118 valence electrons. The number of hydrogen-bond donors (Lipinski definition) is 1. The Labute approximate surface area is 128 Å². The lowest BCUT2D eigenvalue weighted by atomic mass is 10.1. The predicted molar refractivity (Wildman–Crippen MR) is 73.2 cm³/mol. The molecule has 0 bridgehead atoms. The van der Waals surface area contributed by atoms with E-state index in [-0.39, 0.29) is 35.7 Å². The first-order chi connectivity index (χ1) is 10.4.